The third kappa shape index (κ3) is 3.38. The topological polar surface area (TPSA) is 40.5 Å². The van der Waals surface area contributed by atoms with Crippen molar-refractivity contribution in [1.82, 2.24) is 0 Å². The lowest BCUT2D eigenvalue weighted by Crippen LogP contribution is -2.37. The molecular formula is C9H13BrO2S. The average Bonchev–Trinajstić information content (AvgIpc) is 2.33. The van der Waals surface area contributed by atoms with E-state index in [-0.39, 0.29) is 0 Å². The summed E-state index contributed by atoms with van der Waals surface area (Å²) in [5.41, 5.74) is -1.03. The molecule has 13 heavy (non-hydrogen) atoms. The van der Waals surface area contributed by atoms with Crippen LogP contribution in [0.15, 0.2) is 15.9 Å². The van der Waals surface area contributed by atoms with Gasteiger partial charge in [0.25, 0.3) is 0 Å². The van der Waals surface area contributed by atoms with Crippen molar-refractivity contribution in [2.24, 2.45) is 0 Å². The average molecular weight is 265 g/mol. The number of thiophene rings is 1. The monoisotopic (exact) mass is 264 g/mol. The summed E-state index contributed by atoms with van der Waals surface area (Å²) in [4.78, 5) is 1.07. The molecule has 74 valence electrons. The van der Waals surface area contributed by atoms with E-state index in [9.17, 15) is 10.2 Å². The highest BCUT2D eigenvalue weighted by Gasteiger charge is 2.24. The SMILES string of the molecule is CC(C)(O)C(O)Cc1cc(Br)cs1. The van der Waals surface area contributed by atoms with Crippen LogP contribution < -0.4 is 0 Å². The molecule has 0 amide bonds. The number of aliphatic hydroxyl groups excluding tert-OH is 1. The molecule has 0 aromatic carbocycles. The van der Waals surface area contributed by atoms with Crippen molar-refractivity contribution in [1.29, 1.82) is 0 Å². The minimum absolute atomic E-state index is 0.500. The number of rotatable bonds is 3. The number of hydrogen-bond donors (Lipinski definition) is 2. The van der Waals surface area contributed by atoms with Gasteiger partial charge >= 0.3 is 0 Å². The largest absolute Gasteiger partial charge is 0.390 e. The molecule has 0 aliphatic carbocycles. The van der Waals surface area contributed by atoms with E-state index in [2.05, 4.69) is 15.9 Å². The van der Waals surface area contributed by atoms with Crippen LogP contribution in [-0.2, 0) is 6.42 Å². The molecule has 0 bridgehead atoms. The van der Waals surface area contributed by atoms with Crippen LogP contribution in [0.1, 0.15) is 18.7 Å². The summed E-state index contributed by atoms with van der Waals surface area (Å²) in [7, 11) is 0. The second-order valence-electron chi connectivity index (χ2n) is 3.60. The minimum atomic E-state index is -1.03. The fourth-order valence-electron chi connectivity index (χ4n) is 0.901. The van der Waals surface area contributed by atoms with Crippen molar-refractivity contribution < 1.29 is 10.2 Å². The van der Waals surface area contributed by atoms with Crippen LogP contribution in [0.2, 0.25) is 0 Å². The lowest BCUT2D eigenvalue weighted by Gasteiger charge is -2.23. The Morgan fingerprint density at radius 2 is 2.23 bits per heavy atom. The Labute approximate surface area is 90.4 Å². The van der Waals surface area contributed by atoms with Crippen LogP contribution in [0.3, 0.4) is 0 Å². The van der Waals surface area contributed by atoms with Gasteiger partial charge in [-0.3, -0.25) is 0 Å². The quantitative estimate of drug-likeness (QED) is 0.879. The fraction of sp³-hybridized carbons (Fsp3) is 0.556. The number of aliphatic hydroxyl groups is 2. The lowest BCUT2D eigenvalue weighted by molar-refractivity contribution is -0.0465. The molecule has 2 nitrogen and oxygen atoms in total. The van der Waals surface area contributed by atoms with Crippen LogP contribution in [0.5, 0.6) is 0 Å². The summed E-state index contributed by atoms with van der Waals surface area (Å²) in [5.74, 6) is 0. The molecule has 0 radical (unpaired) electrons. The Kier molecular flexibility index (Phi) is 3.51. The van der Waals surface area contributed by atoms with Gasteiger partial charge in [-0.25, -0.2) is 0 Å². The minimum Gasteiger partial charge on any atom is -0.390 e. The third-order valence-corrected chi connectivity index (χ3v) is 3.55. The maximum absolute atomic E-state index is 9.59. The summed E-state index contributed by atoms with van der Waals surface area (Å²) >= 11 is 4.91. The molecule has 0 saturated heterocycles. The van der Waals surface area contributed by atoms with Crippen molar-refractivity contribution in [3.05, 3.63) is 20.8 Å². The van der Waals surface area contributed by atoms with Crippen LogP contribution >= 0.6 is 27.3 Å². The van der Waals surface area contributed by atoms with Gasteiger partial charge in [-0.05, 0) is 35.8 Å². The predicted octanol–water partition coefficient (Wildman–Crippen LogP) is 2.18. The summed E-state index contributed by atoms with van der Waals surface area (Å²) in [6.45, 7) is 3.22. The van der Waals surface area contributed by atoms with Gasteiger partial charge in [0.15, 0.2) is 0 Å². The molecule has 1 aromatic rings. The van der Waals surface area contributed by atoms with E-state index in [1.54, 1.807) is 25.2 Å². The van der Waals surface area contributed by atoms with Crippen molar-refractivity contribution in [2.45, 2.75) is 32.0 Å². The van der Waals surface area contributed by atoms with Gasteiger partial charge in [0.1, 0.15) is 0 Å². The zero-order chi connectivity index (χ0) is 10.1. The molecule has 4 heteroatoms. The molecular weight excluding hydrogens is 252 g/mol. The first kappa shape index (κ1) is 11.2. The predicted molar refractivity (Wildman–Crippen MR) is 58.0 cm³/mol. The lowest BCUT2D eigenvalue weighted by atomic mass is 9.99. The van der Waals surface area contributed by atoms with Gasteiger partial charge in [0, 0.05) is 21.2 Å². The van der Waals surface area contributed by atoms with Crippen molar-refractivity contribution in [3.63, 3.8) is 0 Å². The van der Waals surface area contributed by atoms with Gasteiger partial charge in [0.2, 0.25) is 0 Å². The molecule has 0 aliphatic heterocycles. The van der Waals surface area contributed by atoms with E-state index in [1.165, 1.54) is 0 Å². The number of halogens is 1. The van der Waals surface area contributed by atoms with Crippen molar-refractivity contribution in [3.8, 4) is 0 Å². The standard InChI is InChI=1S/C9H13BrO2S/c1-9(2,12)8(11)4-7-3-6(10)5-13-7/h3,5,8,11-12H,4H2,1-2H3. The van der Waals surface area contributed by atoms with E-state index >= 15 is 0 Å². The fourth-order valence-corrected chi connectivity index (χ4v) is 2.39. The van der Waals surface area contributed by atoms with Crippen molar-refractivity contribution >= 4 is 27.3 Å². The maximum atomic E-state index is 9.59. The summed E-state index contributed by atoms with van der Waals surface area (Å²) in [6, 6.07) is 1.96. The van der Waals surface area contributed by atoms with Gasteiger partial charge in [-0.15, -0.1) is 11.3 Å². The molecule has 1 rings (SSSR count). The third-order valence-electron chi connectivity index (χ3n) is 1.83. The Balaban J connectivity index is 2.60. The van der Waals surface area contributed by atoms with Gasteiger partial charge in [-0.2, -0.15) is 0 Å². The molecule has 0 spiro atoms. The highest BCUT2D eigenvalue weighted by Crippen LogP contribution is 2.23. The smallest absolute Gasteiger partial charge is 0.0869 e. The normalized spacial score (nSPS) is 14.5. The molecule has 1 atom stereocenters. The molecule has 0 aliphatic rings. The Bertz CT molecular complexity index is 277. The first-order chi connectivity index (χ1) is 5.89. The molecule has 1 heterocycles. The first-order valence-corrected chi connectivity index (χ1v) is 5.70. The first-order valence-electron chi connectivity index (χ1n) is 4.03. The summed E-state index contributed by atoms with van der Waals surface area (Å²) in [6.07, 6.45) is -0.210. The Morgan fingerprint density at radius 1 is 1.62 bits per heavy atom. The Hall–Kier alpha value is 0.1000. The highest BCUT2D eigenvalue weighted by atomic mass is 79.9. The van der Waals surface area contributed by atoms with E-state index in [4.69, 9.17) is 0 Å². The van der Waals surface area contributed by atoms with E-state index in [0.717, 1.165) is 9.35 Å². The molecule has 1 unspecified atom stereocenters. The van der Waals surface area contributed by atoms with Crippen LogP contribution in [0, 0.1) is 0 Å². The van der Waals surface area contributed by atoms with Gasteiger partial charge in [0.05, 0.1) is 11.7 Å². The van der Waals surface area contributed by atoms with Gasteiger partial charge < -0.3 is 10.2 Å². The highest BCUT2D eigenvalue weighted by molar-refractivity contribution is 9.10. The van der Waals surface area contributed by atoms with Crippen molar-refractivity contribution in [2.75, 3.05) is 0 Å². The summed E-state index contributed by atoms with van der Waals surface area (Å²) in [5, 5.41) is 21.1. The summed E-state index contributed by atoms with van der Waals surface area (Å²) < 4.78 is 1.02. The second kappa shape index (κ2) is 4.09. The Morgan fingerprint density at radius 3 is 2.62 bits per heavy atom. The molecule has 2 N–H and O–H groups in total. The van der Waals surface area contributed by atoms with Gasteiger partial charge in [-0.1, -0.05) is 0 Å². The number of hydrogen-bond acceptors (Lipinski definition) is 3. The van der Waals surface area contributed by atoms with Crippen LogP contribution in [0.4, 0.5) is 0 Å². The maximum Gasteiger partial charge on any atom is 0.0869 e. The molecule has 0 saturated carbocycles. The van der Waals surface area contributed by atoms with E-state index in [1.807, 2.05) is 11.4 Å². The molecule has 0 fully saturated rings. The van der Waals surface area contributed by atoms with E-state index < -0.39 is 11.7 Å². The second-order valence-corrected chi connectivity index (χ2v) is 5.52. The molecule has 1 aromatic heterocycles. The van der Waals surface area contributed by atoms with Crippen LogP contribution in [0.25, 0.3) is 0 Å². The van der Waals surface area contributed by atoms with Crippen LogP contribution in [-0.4, -0.2) is 21.9 Å². The van der Waals surface area contributed by atoms with E-state index in [0.29, 0.717) is 6.42 Å². The zero-order valence-corrected chi connectivity index (χ0v) is 10.0. The zero-order valence-electron chi connectivity index (χ0n) is 7.62.